The Bertz CT molecular complexity index is 363. The first-order valence-electron chi connectivity index (χ1n) is 6.24. The average Bonchev–Trinajstić information content (AvgIpc) is 3.14. The molecule has 0 unspecified atom stereocenters. The fraction of sp³-hybridized carbons (Fsp3) is 0.571. The van der Waals surface area contributed by atoms with Crippen molar-refractivity contribution in [1.82, 2.24) is 5.32 Å². The molecule has 1 aromatic carbocycles. The summed E-state index contributed by atoms with van der Waals surface area (Å²) < 4.78 is 1.34. The molecule has 86 valence electrons. The lowest BCUT2D eigenvalue weighted by Crippen LogP contribution is -2.27. The Morgan fingerprint density at radius 3 is 2.44 bits per heavy atom. The number of hydrogen-bond acceptors (Lipinski definition) is 1. The molecule has 0 bridgehead atoms. The van der Waals surface area contributed by atoms with Gasteiger partial charge in [-0.3, -0.25) is 0 Å². The zero-order valence-electron chi connectivity index (χ0n) is 9.51. The summed E-state index contributed by atoms with van der Waals surface area (Å²) in [5, 5.41) is 3.69. The number of halogens is 1. The first kappa shape index (κ1) is 11.0. The number of hydrogen-bond donors (Lipinski definition) is 1. The Kier molecular flexibility index (Phi) is 2.96. The van der Waals surface area contributed by atoms with E-state index >= 15 is 0 Å². The third-order valence-corrected chi connectivity index (χ3v) is 4.51. The number of rotatable bonds is 5. The van der Waals surface area contributed by atoms with Crippen molar-refractivity contribution < 1.29 is 0 Å². The summed E-state index contributed by atoms with van der Waals surface area (Å²) in [6.45, 7) is 1.24. The van der Waals surface area contributed by atoms with E-state index in [-0.39, 0.29) is 0 Å². The van der Waals surface area contributed by atoms with Crippen LogP contribution in [0.1, 0.15) is 31.2 Å². The molecule has 2 aliphatic rings. The lowest BCUT2D eigenvalue weighted by molar-refractivity contribution is 0.453. The molecular weight excluding hydrogens is 309 g/mol. The van der Waals surface area contributed by atoms with Crippen LogP contribution in [-0.2, 0) is 6.42 Å². The monoisotopic (exact) mass is 327 g/mol. The van der Waals surface area contributed by atoms with E-state index in [1.54, 1.807) is 0 Å². The molecule has 16 heavy (non-hydrogen) atoms. The van der Waals surface area contributed by atoms with Gasteiger partial charge < -0.3 is 5.32 Å². The van der Waals surface area contributed by atoms with E-state index in [0.717, 1.165) is 6.04 Å². The van der Waals surface area contributed by atoms with E-state index in [2.05, 4.69) is 52.2 Å². The van der Waals surface area contributed by atoms with E-state index in [4.69, 9.17) is 0 Å². The topological polar surface area (TPSA) is 12.0 Å². The molecule has 2 fully saturated rings. The van der Waals surface area contributed by atoms with Gasteiger partial charge in [0.25, 0.3) is 0 Å². The molecule has 0 atom stereocenters. The van der Waals surface area contributed by atoms with Gasteiger partial charge in [0, 0.05) is 16.2 Å². The van der Waals surface area contributed by atoms with Crippen molar-refractivity contribution in [3.05, 3.63) is 33.4 Å². The zero-order chi connectivity index (χ0) is 11.0. The van der Waals surface area contributed by atoms with E-state index in [9.17, 15) is 0 Å². The third kappa shape index (κ3) is 2.77. The Morgan fingerprint density at radius 2 is 1.88 bits per heavy atom. The van der Waals surface area contributed by atoms with Gasteiger partial charge in [-0.25, -0.2) is 0 Å². The molecule has 1 aromatic rings. The summed E-state index contributed by atoms with van der Waals surface area (Å²) in [4.78, 5) is 0. The lowest BCUT2D eigenvalue weighted by atomic mass is 9.96. The zero-order valence-corrected chi connectivity index (χ0v) is 11.7. The van der Waals surface area contributed by atoms with Crippen molar-refractivity contribution in [2.75, 3.05) is 6.54 Å². The van der Waals surface area contributed by atoms with E-state index in [1.807, 2.05) is 0 Å². The second-order valence-electron chi connectivity index (χ2n) is 5.46. The maximum atomic E-state index is 3.69. The van der Waals surface area contributed by atoms with Gasteiger partial charge >= 0.3 is 0 Å². The van der Waals surface area contributed by atoms with Crippen LogP contribution in [0.25, 0.3) is 0 Å². The van der Waals surface area contributed by atoms with Crippen LogP contribution in [0.4, 0.5) is 0 Å². The summed E-state index contributed by atoms with van der Waals surface area (Å²) in [6.07, 6.45) is 6.90. The van der Waals surface area contributed by atoms with E-state index in [0.29, 0.717) is 5.41 Å². The number of nitrogens with one attached hydrogen (secondary N) is 1. The maximum absolute atomic E-state index is 3.69. The predicted octanol–water partition coefficient (Wildman–Crippen LogP) is 3.37. The van der Waals surface area contributed by atoms with Crippen LogP contribution in [0.2, 0.25) is 0 Å². The van der Waals surface area contributed by atoms with Gasteiger partial charge in [-0.15, -0.1) is 0 Å². The van der Waals surface area contributed by atoms with Crippen LogP contribution >= 0.6 is 22.6 Å². The van der Waals surface area contributed by atoms with E-state index in [1.165, 1.54) is 47.8 Å². The Hall–Kier alpha value is -0.0900. The molecule has 0 aromatic heterocycles. The van der Waals surface area contributed by atoms with Crippen LogP contribution in [0.15, 0.2) is 24.3 Å². The third-order valence-electron chi connectivity index (χ3n) is 3.79. The van der Waals surface area contributed by atoms with Gasteiger partial charge in [0.15, 0.2) is 0 Å². The quantitative estimate of drug-likeness (QED) is 0.818. The molecule has 2 saturated carbocycles. The predicted molar refractivity (Wildman–Crippen MR) is 75.6 cm³/mol. The SMILES string of the molecule is Ic1ccc(CC2(CNC3CC3)CC2)cc1. The fourth-order valence-electron chi connectivity index (χ4n) is 2.28. The maximum Gasteiger partial charge on any atom is 0.0130 e. The van der Waals surface area contributed by atoms with Crippen LogP contribution < -0.4 is 5.32 Å². The van der Waals surface area contributed by atoms with Gasteiger partial charge in [0.2, 0.25) is 0 Å². The van der Waals surface area contributed by atoms with Crippen molar-refractivity contribution >= 4 is 22.6 Å². The minimum atomic E-state index is 0.607. The smallest absolute Gasteiger partial charge is 0.0130 e. The van der Waals surface area contributed by atoms with Gasteiger partial charge in [-0.2, -0.15) is 0 Å². The first-order valence-corrected chi connectivity index (χ1v) is 7.32. The van der Waals surface area contributed by atoms with Gasteiger partial charge in [-0.05, 0) is 77.8 Å². The highest BCUT2D eigenvalue weighted by atomic mass is 127. The summed E-state index contributed by atoms with van der Waals surface area (Å²) >= 11 is 2.37. The van der Waals surface area contributed by atoms with Crippen molar-refractivity contribution in [2.45, 2.75) is 38.1 Å². The molecular formula is C14H18IN. The van der Waals surface area contributed by atoms with Gasteiger partial charge in [-0.1, -0.05) is 12.1 Å². The van der Waals surface area contributed by atoms with Crippen molar-refractivity contribution in [3.8, 4) is 0 Å². The Morgan fingerprint density at radius 1 is 1.19 bits per heavy atom. The molecule has 0 radical (unpaired) electrons. The normalized spacial score (nSPS) is 22.1. The number of benzene rings is 1. The highest BCUT2D eigenvalue weighted by Gasteiger charge is 2.43. The molecule has 1 N–H and O–H groups in total. The van der Waals surface area contributed by atoms with Crippen molar-refractivity contribution in [1.29, 1.82) is 0 Å². The lowest BCUT2D eigenvalue weighted by Gasteiger charge is -2.16. The molecule has 3 rings (SSSR count). The highest BCUT2D eigenvalue weighted by molar-refractivity contribution is 14.1. The van der Waals surface area contributed by atoms with Crippen molar-refractivity contribution in [2.24, 2.45) is 5.41 Å². The average molecular weight is 327 g/mol. The first-order chi connectivity index (χ1) is 7.76. The summed E-state index contributed by atoms with van der Waals surface area (Å²) in [6, 6.07) is 9.88. The summed E-state index contributed by atoms with van der Waals surface area (Å²) in [5.41, 5.74) is 2.12. The largest absolute Gasteiger partial charge is 0.313 e. The molecule has 0 spiro atoms. The molecule has 2 aliphatic carbocycles. The second kappa shape index (κ2) is 4.30. The van der Waals surface area contributed by atoms with Crippen LogP contribution in [0.5, 0.6) is 0 Å². The van der Waals surface area contributed by atoms with E-state index < -0.39 is 0 Å². The van der Waals surface area contributed by atoms with Crippen LogP contribution in [0.3, 0.4) is 0 Å². The molecule has 0 amide bonds. The van der Waals surface area contributed by atoms with Crippen LogP contribution in [0, 0.1) is 8.99 Å². The minimum Gasteiger partial charge on any atom is -0.313 e. The standard InChI is InChI=1S/C14H18IN/c15-12-3-1-11(2-4-12)9-14(7-8-14)10-16-13-5-6-13/h1-4,13,16H,5-10H2. The molecule has 1 nitrogen and oxygen atoms in total. The van der Waals surface area contributed by atoms with Gasteiger partial charge in [0.1, 0.15) is 0 Å². The summed E-state index contributed by atoms with van der Waals surface area (Å²) in [7, 11) is 0. The minimum absolute atomic E-state index is 0.607. The fourth-order valence-corrected chi connectivity index (χ4v) is 2.64. The van der Waals surface area contributed by atoms with Crippen molar-refractivity contribution in [3.63, 3.8) is 0 Å². The molecule has 0 heterocycles. The molecule has 0 saturated heterocycles. The second-order valence-corrected chi connectivity index (χ2v) is 6.70. The highest BCUT2D eigenvalue weighted by Crippen LogP contribution is 2.48. The molecule has 2 heteroatoms. The summed E-state index contributed by atoms with van der Waals surface area (Å²) in [5.74, 6) is 0. The van der Waals surface area contributed by atoms with Crippen LogP contribution in [-0.4, -0.2) is 12.6 Å². The Balaban J connectivity index is 1.58. The molecule has 0 aliphatic heterocycles. The Labute approximate surface area is 111 Å². The van der Waals surface area contributed by atoms with Gasteiger partial charge in [0.05, 0.1) is 0 Å².